The molecule has 2 aliphatic rings. The average molecular weight is 288 g/mol. The molecule has 0 aromatic carbocycles. The Balaban J connectivity index is 1.61. The first-order chi connectivity index (χ1) is 10.3. The van der Waals surface area contributed by atoms with Gasteiger partial charge in [-0.15, -0.1) is 0 Å². The molecule has 0 radical (unpaired) electrons. The van der Waals surface area contributed by atoms with Gasteiger partial charge in [-0.25, -0.2) is 9.78 Å². The van der Waals surface area contributed by atoms with Gasteiger partial charge >= 0.3 is 6.03 Å². The molecule has 0 spiro atoms. The van der Waals surface area contributed by atoms with Crippen molar-refractivity contribution in [2.24, 2.45) is 0 Å². The molecule has 2 N–H and O–H groups in total. The van der Waals surface area contributed by atoms with Gasteiger partial charge in [0.05, 0.1) is 11.9 Å². The van der Waals surface area contributed by atoms with Crippen molar-refractivity contribution >= 4 is 17.5 Å². The third-order valence-corrected chi connectivity index (χ3v) is 4.31. The van der Waals surface area contributed by atoms with Crippen LogP contribution in [0.5, 0.6) is 0 Å². The van der Waals surface area contributed by atoms with Crippen LogP contribution >= 0.6 is 0 Å². The lowest BCUT2D eigenvalue weighted by atomic mass is 10.00. The first kappa shape index (κ1) is 14.2. The number of hydrogen-bond donors (Lipinski definition) is 2. The van der Waals surface area contributed by atoms with Gasteiger partial charge in [-0.05, 0) is 50.7 Å². The Bertz CT molecular complexity index is 484. The Kier molecular flexibility index (Phi) is 4.27. The number of anilines is 2. The van der Waals surface area contributed by atoms with Crippen LogP contribution in [0, 0.1) is 0 Å². The van der Waals surface area contributed by atoms with Crippen LogP contribution in [0.4, 0.5) is 16.3 Å². The average Bonchev–Trinajstić information content (AvgIpc) is 3.32. The van der Waals surface area contributed by atoms with Gasteiger partial charge in [0.2, 0.25) is 0 Å². The summed E-state index contributed by atoms with van der Waals surface area (Å²) in [6.07, 6.45) is 8.91. The van der Waals surface area contributed by atoms with Crippen LogP contribution in [-0.4, -0.2) is 29.6 Å². The third-order valence-electron chi connectivity index (χ3n) is 4.31. The Morgan fingerprint density at radius 1 is 1.33 bits per heavy atom. The number of pyridine rings is 1. The van der Waals surface area contributed by atoms with E-state index in [2.05, 4.69) is 27.4 Å². The Morgan fingerprint density at radius 2 is 2.19 bits per heavy atom. The Labute approximate surface area is 126 Å². The Morgan fingerprint density at radius 3 is 2.86 bits per heavy atom. The van der Waals surface area contributed by atoms with E-state index >= 15 is 0 Å². The van der Waals surface area contributed by atoms with Gasteiger partial charge in [0.1, 0.15) is 5.82 Å². The summed E-state index contributed by atoms with van der Waals surface area (Å²) >= 11 is 0. The van der Waals surface area contributed by atoms with Gasteiger partial charge in [0.15, 0.2) is 0 Å². The van der Waals surface area contributed by atoms with E-state index in [0.29, 0.717) is 12.1 Å². The van der Waals surface area contributed by atoms with Crippen molar-refractivity contribution in [1.82, 2.24) is 10.3 Å². The minimum Gasteiger partial charge on any atom is -0.354 e. The second kappa shape index (κ2) is 6.33. The summed E-state index contributed by atoms with van der Waals surface area (Å²) in [7, 11) is 0. The highest BCUT2D eigenvalue weighted by Crippen LogP contribution is 2.25. The maximum Gasteiger partial charge on any atom is 0.319 e. The predicted octanol–water partition coefficient (Wildman–Crippen LogP) is 3.13. The summed E-state index contributed by atoms with van der Waals surface area (Å²) in [5.74, 6) is 1.02. The largest absolute Gasteiger partial charge is 0.354 e. The summed E-state index contributed by atoms with van der Waals surface area (Å²) in [4.78, 5) is 18.6. The fourth-order valence-electron chi connectivity index (χ4n) is 2.94. The molecule has 2 fully saturated rings. The van der Waals surface area contributed by atoms with Crippen molar-refractivity contribution in [3.63, 3.8) is 0 Å². The zero-order valence-electron chi connectivity index (χ0n) is 12.6. The first-order valence-corrected chi connectivity index (χ1v) is 8.06. The van der Waals surface area contributed by atoms with Crippen LogP contribution in [0.25, 0.3) is 0 Å². The summed E-state index contributed by atoms with van der Waals surface area (Å²) < 4.78 is 0. The molecule has 1 aliphatic heterocycles. The summed E-state index contributed by atoms with van der Waals surface area (Å²) in [6.45, 7) is 3.32. The van der Waals surface area contributed by atoms with Crippen LogP contribution in [-0.2, 0) is 0 Å². The number of carbonyl (C=O) groups excluding carboxylic acids is 1. The van der Waals surface area contributed by atoms with Gasteiger partial charge in [-0.1, -0.05) is 6.92 Å². The summed E-state index contributed by atoms with van der Waals surface area (Å²) in [5, 5.41) is 5.75. The third kappa shape index (κ3) is 3.65. The number of hydrogen-bond acceptors (Lipinski definition) is 3. The fourth-order valence-corrected chi connectivity index (χ4v) is 2.94. The van der Waals surface area contributed by atoms with Gasteiger partial charge in [0, 0.05) is 18.6 Å². The van der Waals surface area contributed by atoms with Crippen molar-refractivity contribution < 1.29 is 4.79 Å². The Hall–Kier alpha value is -1.78. The molecule has 5 heteroatoms. The lowest BCUT2D eigenvalue weighted by molar-refractivity contribution is 0.251. The van der Waals surface area contributed by atoms with E-state index in [1.165, 1.54) is 19.3 Å². The number of carbonyl (C=O) groups is 1. The highest BCUT2D eigenvalue weighted by atomic mass is 16.2. The van der Waals surface area contributed by atoms with Crippen molar-refractivity contribution in [2.45, 2.75) is 57.5 Å². The molecule has 0 bridgehead atoms. The number of aromatic nitrogens is 1. The number of amides is 2. The van der Waals surface area contributed by atoms with E-state index in [4.69, 9.17) is 0 Å². The van der Waals surface area contributed by atoms with Crippen molar-refractivity contribution in [3.8, 4) is 0 Å². The first-order valence-electron chi connectivity index (χ1n) is 8.06. The zero-order valence-corrected chi connectivity index (χ0v) is 12.6. The van der Waals surface area contributed by atoms with Crippen LogP contribution in [0.15, 0.2) is 18.3 Å². The number of urea groups is 1. The highest BCUT2D eigenvalue weighted by molar-refractivity contribution is 5.89. The highest BCUT2D eigenvalue weighted by Gasteiger charge is 2.24. The van der Waals surface area contributed by atoms with Crippen molar-refractivity contribution in [1.29, 1.82) is 0 Å². The quantitative estimate of drug-likeness (QED) is 0.895. The second-order valence-electron chi connectivity index (χ2n) is 6.03. The minimum absolute atomic E-state index is 0.128. The topological polar surface area (TPSA) is 57.3 Å². The van der Waals surface area contributed by atoms with E-state index in [0.717, 1.165) is 37.3 Å². The predicted molar refractivity (Wildman–Crippen MR) is 84.7 cm³/mol. The molecule has 2 amide bonds. The minimum atomic E-state index is -0.128. The molecule has 3 rings (SSSR count). The van der Waals surface area contributed by atoms with Crippen LogP contribution in [0.2, 0.25) is 0 Å². The molecule has 1 atom stereocenters. The van der Waals surface area contributed by atoms with Gasteiger partial charge < -0.3 is 15.5 Å². The standard InChI is InChI=1S/C16H24N4O/c1-2-14-5-3-4-10-20(14)15-9-8-13(11-17-15)19-16(21)18-12-6-7-12/h8-9,11-12,14H,2-7,10H2,1H3,(H2,18,19,21). The molecular formula is C16H24N4O. The van der Waals surface area contributed by atoms with Crippen LogP contribution in [0.1, 0.15) is 45.4 Å². The second-order valence-corrected chi connectivity index (χ2v) is 6.03. The molecule has 114 valence electrons. The van der Waals surface area contributed by atoms with E-state index in [-0.39, 0.29) is 6.03 Å². The van der Waals surface area contributed by atoms with Gasteiger partial charge in [-0.2, -0.15) is 0 Å². The zero-order chi connectivity index (χ0) is 14.7. The SMILES string of the molecule is CCC1CCCCN1c1ccc(NC(=O)NC2CC2)cn1. The van der Waals surface area contributed by atoms with Crippen molar-refractivity contribution in [2.75, 3.05) is 16.8 Å². The molecule has 1 saturated carbocycles. The molecule has 1 aromatic heterocycles. The van der Waals surface area contributed by atoms with Gasteiger partial charge in [0.25, 0.3) is 0 Å². The fraction of sp³-hybridized carbons (Fsp3) is 0.625. The smallest absolute Gasteiger partial charge is 0.319 e. The summed E-state index contributed by atoms with van der Waals surface area (Å²) in [5.41, 5.74) is 0.752. The number of nitrogens with zero attached hydrogens (tertiary/aromatic N) is 2. The number of piperidine rings is 1. The van der Waals surface area contributed by atoms with Crippen molar-refractivity contribution in [3.05, 3.63) is 18.3 Å². The molecule has 5 nitrogen and oxygen atoms in total. The summed E-state index contributed by atoms with van der Waals surface area (Å²) in [6, 6.07) is 4.80. The van der Waals surface area contributed by atoms with E-state index in [1.807, 2.05) is 12.1 Å². The van der Waals surface area contributed by atoms with E-state index in [1.54, 1.807) is 6.20 Å². The van der Waals surface area contributed by atoms with Crippen LogP contribution in [0.3, 0.4) is 0 Å². The molecule has 2 heterocycles. The molecule has 1 saturated heterocycles. The van der Waals surface area contributed by atoms with Crippen LogP contribution < -0.4 is 15.5 Å². The molecule has 1 aromatic rings. The number of nitrogens with one attached hydrogen (secondary N) is 2. The molecule has 1 aliphatic carbocycles. The van der Waals surface area contributed by atoms with E-state index in [9.17, 15) is 4.79 Å². The monoisotopic (exact) mass is 288 g/mol. The lowest BCUT2D eigenvalue weighted by Crippen LogP contribution is -2.39. The maximum atomic E-state index is 11.7. The molecular weight excluding hydrogens is 264 g/mol. The number of rotatable bonds is 4. The normalized spacial score (nSPS) is 22.0. The lowest BCUT2D eigenvalue weighted by Gasteiger charge is -2.36. The maximum absolute atomic E-state index is 11.7. The molecule has 21 heavy (non-hydrogen) atoms. The van der Waals surface area contributed by atoms with E-state index < -0.39 is 0 Å². The molecule has 1 unspecified atom stereocenters. The van der Waals surface area contributed by atoms with Gasteiger partial charge in [-0.3, -0.25) is 0 Å².